The molecule has 0 saturated carbocycles. The summed E-state index contributed by atoms with van der Waals surface area (Å²) in [5, 5.41) is 0. The van der Waals surface area contributed by atoms with Gasteiger partial charge in [-0.1, -0.05) is 12.1 Å². The molecular weight excluding hydrogens is 381 g/mol. The van der Waals surface area contributed by atoms with Crippen LogP contribution in [0.5, 0.6) is 0 Å². The summed E-state index contributed by atoms with van der Waals surface area (Å²) in [6.07, 6.45) is 0. The van der Waals surface area contributed by atoms with E-state index in [4.69, 9.17) is 0 Å². The van der Waals surface area contributed by atoms with Crippen LogP contribution >= 0.6 is 0 Å². The standard InChI is InChI=1S/C18H17F3N2O3S/c19-15-3-1-2-4-16(15)22-9-11-23(12-10-22)17(24)13-5-7-14(8-6-13)27(25,26)18(20)21/h1-8,18H,9-12H2. The molecule has 1 aliphatic rings. The van der Waals surface area contributed by atoms with E-state index in [1.165, 1.54) is 18.2 Å². The van der Waals surface area contributed by atoms with Crippen LogP contribution in [0.1, 0.15) is 10.4 Å². The van der Waals surface area contributed by atoms with E-state index in [2.05, 4.69) is 0 Å². The number of nitrogens with zero attached hydrogens (tertiary/aromatic N) is 2. The van der Waals surface area contributed by atoms with Crippen molar-refractivity contribution in [3.63, 3.8) is 0 Å². The van der Waals surface area contributed by atoms with E-state index in [0.29, 0.717) is 31.9 Å². The SMILES string of the molecule is O=C(c1ccc(S(=O)(=O)C(F)F)cc1)N1CCN(c2ccccc2F)CC1. The fourth-order valence-corrected chi connectivity index (χ4v) is 3.65. The van der Waals surface area contributed by atoms with E-state index < -0.39 is 20.5 Å². The van der Waals surface area contributed by atoms with Crippen LogP contribution in [0.3, 0.4) is 0 Å². The number of hydrogen-bond donors (Lipinski definition) is 0. The van der Waals surface area contributed by atoms with Gasteiger partial charge in [-0.25, -0.2) is 12.8 Å². The smallest absolute Gasteiger partial charge is 0.341 e. The second-order valence-electron chi connectivity index (χ2n) is 6.06. The first-order valence-electron chi connectivity index (χ1n) is 8.21. The van der Waals surface area contributed by atoms with Crippen LogP contribution in [0.15, 0.2) is 53.4 Å². The fraction of sp³-hybridized carbons (Fsp3) is 0.278. The molecule has 0 spiro atoms. The Balaban J connectivity index is 1.67. The van der Waals surface area contributed by atoms with Crippen LogP contribution in [0.25, 0.3) is 0 Å². The minimum atomic E-state index is -4.69. The van der Waals surface area contributed by atoms with Crippen molar-refractivity contribution in [2.24, 2.45) is 0 Å². The molecule has 3 rings (SSSR count). The van der Waals surface area contributed by atoms with Gasteiger partial charge in [0.25, 0.3) is 5.91 Å². The maximum absolute atomic E-state index is 13.9. The Morgan fingerprint density at radius 1 is 0.926 bits per heavy atom. The number of rotatable bonds is 4. The van der Waals surface area contributed by atoms with Crippen LogP contribution in [-0.2, 0) is 9.84 Å². The molecule has 144 valence electrons. The van der Waals surface area contributed by atoms with Crippen LogP contribution in [0, 0.1) is 5.82 Å². The van der Waals surface area contributed by atoms with Crippen molar-refractivity contribution in [1.82, 2.24) is 4.90 Å². The summed E-state index contributed by atoms with van der Waals surface area (Å²) in [5.41, 5.74) is 0.689. The molecule has 9 heteroatoms. The Morgan fingerprint density at radius 3 is 2.07 bits per heavy atom. The number of para-hydroxylation sites is 1. The number of anilines is 1. The van der Waals surface area contributed by atoms with Gasteiger partial charge in [0.1, 0.15) is 5.82 Å². The topological polar surface area (TPSA) is 57.7 Å². The maximum Gasteiger partial charge on any atom is 0.341 e. The van der Waals surface area contributed by atoms with Crippen LogP contribution in [0.2, 0.25) is 0 Å². The van der Waals surface area contributed by atoms with Gasteiger partial charge in [-0.05, 0) is 36.4 Å². The summed E-state index contributed by atoms with van der Waals surface area (Å²) in [6.45, 7) is 1.63. The average molecular weight is 398 g/mol. The van der Waals surface area contributed by atoms with E-state index in [1.54, 1.807) is 23.1 Å². The summed E-state index contributed by atoms with van der Waals surface area (Å²) in [7, 11) is -4.69. The third-order valence-corrected chi connectivity index (χ3v) is 5.82. The monoisotopic (exact) mass is 398 g/mol. The normalized spacial score (nSPS) is 15.3. The van der Waals surface area contributed by atoms with Gasteiger partial charge in [0.15, 0.2) is 0 Å². The minimum absolute atomic E-state index is 0.211. The highest BCUT2D eigenvalue weighted by Crippen LogP contribution is 2.22. The lowest BCUT2D eigenvalue weighted by molar-refractivity contribution is 0.0746. The molecular formula is C18H17F3N2O3S. The molecule has 0 radical (unpaired) electrons. The van der Waals surface area contributed by atoms with Gasteiger partial charge in [0.05, 0.1) is 10.6 Å². The summed E-state index contributed by atoms with van der Waals surface area (Å²) < 4.78 is 61.8. The number of amides is 1. The van der Waals surface area contributed by atoms with Gasteiger partial charge in [0, 0.05) is 31.7 Å². The summed E-state index contributed by atoms with van der Waals surface area (Å²) in [4.78, 5) is 15.4. The number of hydrogen-bond acceptors (Lipinski definition) is 4. The number of alkyl halides is 2. The lowest BCUT2D eigenvalue weighted by Crippen LogP contribution is -2.49. The zero-order valence-corrected chi connectivity index (χ0v) is 15.0. The maximum atomic E-state index is 13.9. The van der Waals surface area contributed by atoms with Gasteiger partial charge in [0.2, 0.25) is 9.84 Å². The van der Waals surface area contributed by atoms with E-state index >= 15 is 0 Å². The van der Waals surface area contributed by atoms with Crippen LogP contribution in [0.4, 0.5) is 18.9 Å². The molecule has 2 aromatic rings. The first-order chi connectivity index (χ1) is 12.8. The molecule has 27 heavy (non-hydrogen) atoms. The Morgan fingerprint density at radius 2 is 1.52 bits per heavy atom. The van der Waals surface area contributed by atoms with Gasteiger partial charge >= 0.3 is 5.76 Å². The molecule has 1 saturated heterocycles. The van der Waals surface area contributed by atoms with E-state index in [-0.39, 0.29) is 17.3 Å². The van der Waals surface area contributed by atoms with Gasteiger partial charge < -0.3 is 9.80 Å². The van der Waals surface area contributed by atoms with Gasteiger partial charge in [-0.2, -0.15) is 8.78 Å². The van der Waals surface area contributed by atoms with Crippen LogP contribution < -0.4 is 4.90 Å². The highest BCUT2D eigenvalue weighted by molar-refractivity contribution is 7.91. The molecule has 1 heterocycles. The van der Waals surface area contributed by atoms with E-state index in [9.17, 15) is 26.4 Å². The molecule has 1 aliphatic heterocycles. The number of carbonyl (C=O) groups is 1. The largest absolute Gasteiger partial charge is 0.366 e. The van der Waals surface area contributed by atoms with Crippen molar-refractivity contribution in [3.8, 4) is 0 Å². The van der Waals surface area contributed by atoms with E-state index in [1.807, 2.05) is 4.90 Å². The number of sulfone groups is 1. The first kappa shape index (κ1) is 19.2. The first-order valence-corrected chi connectivity index (χ1v) is 9.76. The molecule has 1 fully saturated rings. The van der Waals surface area contributed by atoms with Crippen molar-refractivity contribution < 1.29 is 26.4 Å². The summed E-state index contributed by atoms with van der Waals surface area (Å²) in [5.74, 6) is -4.16. The van der Waals surface area contributed by atoms with Gasteiger partial charge in [-0.3, -0.25) is 4.79 Å². The Labute approximate surface area is 154 Å². The van der Waals surface area contributed by atoms with Crippen molar-refractivity contribution in [2.75, 3.05) is 31.1 Å². The van der Waals surface area contributed by atoms with Crippen molar-refractivity contribution in [3.05, 3.63) is 59.9 Å². The van der Waals surface area contributed by atoms with Crippen molar-refractivity contribution in [2.45, 2.75) is 10.7 Å². The molecule has 5 nitrogen and oxygen atoms in total. The summed E-state index contributed by atoms with van der Waals surface area (Å²) in [6, 6.07) is 10.9. The third-order valence-electron chi connectivity index (χ3n) is 4.42. The Hall–Kier alpha value is -2.55. The highest BCUT2D eigenvalue weighted by atomic mass is 32.2. The predicted molar refractivity (Wildman–Crippen MR) is 94.1 cm³/mol. The molecule has 0 aliphatic carbocycles. The fourth-order valence-electron chi connectivity index (χ4n) is 2.93. The molecule has 1 amide bonds. The molecule has 0 aromatic heterocycles. The second-order valence-corrected chi connectivity index (χ2v) is 7.98. The zero-order valence-electron chi connectivity index (χ0n) is 14.2. The third kappa shape index (κ3) is 3.92. The van der Waals surface area contributed by atoms with Crippen molar-refractivity contribution in [1.29, 1.82) is 0 Å². The molecule has 0 bridgehead atoms. The zero-order chi connectivity index (χ0) is 19.6. The molecule has 0 N–H and O–H groups in total. The molecule has 0 unspecified atom stereocenters. The number of benzene rings is 2. The number of piperazine rings is 1. The Kier molecular flexibility index (Phi) is 5.41. The number of carbonyl (C=O) groups excluding carboxylic acids is 1. The Bertz CT molecular complexity index is 925. The second kappa shape index (κ2) is 7.59. The molecule has 2 aromatic carbocycles. The van der Waals surface area contributed by atoms with Crippen LogP contribution in [-0.4, -0.2) is 51.2 Å². The van der Waals surface area contributed by atoms with Crippen molar-refractivity contribution >= 4 is 21.4 Å². The number of halogens is 3. The minimum Gasteiger partial charge on any atom is -0.366 e. The summed E-state index contributed by atoms with van der Waals surface area (Å²) >= 11 is 0. The van der Waals surface area contributed by atoms with E-state index in [0.717, 1.165) is 12.1 Å². The molecule has 0 atom stereocenters. The lowest BCUT2D eigenvalue weighted by atomic mass is 10.1. The average Bonchev–Trinajstić information content (AvgIpc) is 2.68. The van der Waals surface area contributed by atoms with Gasteiger partial charge in [-0.15, -0.1) is 0 Å². The lowest BCUT2D eigenvalue weighted by Gasteiger charge is -2.36. The quantitative estimate of drug-likeness (QED) is 0.795. The predicted octanol–water partition coefficient (Wildman–Crippen LogP) is 2.78. The highest BCUT2D eigenvalue weighted by Gasteiger charge is 2.27.